The Morgan fingerprint density at radius 3 is 2.70 bits per heavy atom. The number of amides is 2. The maximum absolute atomic E-state index is 12.3. The Kier molecular flexibility index (Phi) is 6.16. The first-order valence-corrected chi connectivity index (χ1v) is 8.26. The smallest absolute Gasteiger partial charge is 0.225 e. The lowest BCUT2D eigenvalue weighted by molar-refractivity contribution is -0.130. The van der Waals surface area contributed by atoms with Crippen molar-refractivity contribution in [1.82, 2.24) is 10.2 Å². The van der Waals surface area contributed by atoms with E-state index < -0.39 is 0 Å². The first kappa shape index (κ1) is 17.5. The number of rotatable bonds is 7. The molecule has 2 rings (SSSR count). The zero-order chi connectivity index (χ0) is 16.8. The van der Waals surface area contributed by atoms with Crippen LogP contribution in [0.4, 0.5) is 0 Å². The number of aliphatic hydroxyl groups is 1. The number of hydrogen-bond acceptors (Lipinski definition) is 3. The summed E-state index contributed by atoms with van der Waals surface area (Å²) in [5.41, 5.74) is 1.08. The molecule has 0 spiro atoms. The van der Waals surface area contributed by atoms with Gasteiger partial charge in [-0.2, -0.15) is 0 Å². The Bertz CT molecular complexity index is 532. The van der Waals surface area contributed by atoms with Crippen LogP contribution in [0.3, 0.4) is 0 Å². The van der Waals surface area contributed by atoms with Crippen LogP contribution in [-0.4, -0.2) is 41.5 Å². The van der Waals surface area contributed by atoms with Gasteiger partial charge in [0.1, 0.15) is 0 Å². The van der Waals surface area contributed by atoms with Gasteiger partial charge in [0, 0.05) is 26.1 Å². The van der Waals surface area contributed by atoms with Gasteiger partial charge in [0.25, 0.3) is 0 Å². The predicted molar refractivity (Wildman–Crippen MR) is 88.6 cm³/mol. The second kappa shape index (κ2) is 8.11. The molecule has 1 aliphatic heterocycles. The fourth-order valence-corrected chi connectivity index (χ4v) is 2.93. The molecule has 5 heteroatoms. The van der Waals surface area contributed by atoms with Crippen LogP contribution in [0.25, 0.3) is 0 Å². The molecule has 3 unspecified atom stereocenters. The molecule has 0 aliphatic carbocycles. The minimum atomic E-state index is -0.282. The van der Waals surface area contributed by atoms with E-state index in [1.165, 1.54) is 0 Å². The van der Waals surface area contributed by atoms with Gasteiger partial charge in [-0.25, -0.2) is 0 Å². The van der Waals surface area contributed by atoms with Crippen molar-refractivity contribution in [3.8, 4) is 0 Å². The number of hydrogen-bond donors (Lipinski definition) is 2. The van der Waals surface area contributed by atoms with E-state index in [-0.39, 0.29) is 42.7 Å². The van der Waals surface area contributed by atoms with E-state index in [4.69, 9.17) is 5.11 Å². The summed E-state index contributed by atoms with van der Waals surface area (Å²) in [6, 6.07) is 9.85. The van der Waals surface area contributed by atoms with Gasteiger partial charge in [-0.15, -0.1) is 0 Å². The summed E-state index contributed by atoms with van der Waals surface area (Å²) in [7, 11) is 0. The number of carbonyl (C=O) groups excluding carboxylic acids is 2. The Balaban J connectivity index is 1.90. The van der Waals surface area contributed by atoms with Crippen molar-refractivity contribution in [1.29, 1.82) is 0 Å². The molecule has 23 heavy (non-hydrogen) atoms. The van der Waals surface area contributed by atoms with E-state index in [0.29, 0.717) is 19.5 Å². The second-order valence-corrected chi connectivity index (χ2v) is 6.40. The third kappa shape index (κ3) is 4.55. The fraction of sp³-hybridized carbons (Fsp3) is 0.556. The lowest BCUT2D eigenvalue weighted by Gasteiger charge is -2.25. The first-order valence-electron chi connectivity index (χ1n) is 8.26. The van der Waals surface area contributed by atoms with Crippen LogP contribution in [-0.2, 0) is 9.59 Å². The van der Waals surface area contributed by atoms with Crippen LogP contribution in [0.2, 0.25) is 0 Å². The number of carbonyl (C=O) groups is 2. The second-order valence-electron chi connectivity index (χ2n) is 6.40. The average Bonchev–Trinajstić information content (AvgIpc) is 2.95. The Labute approximate surface area is 137 Å². The molecule has 1 aliphatic rings. The molecule has 1 saturated heterocycles. The molecule has 3 atom stereocenters. The van der Waals surface area contributed by atoms with Gasteiger partial charge in [-0.05, 0) is 24.8 Å². The van der Waals surface area contributed by atoms with Crippen LogP contribution < -0.4 is 5.32 Å². The van der Waals surface area contributed by atoms with E-state index >= 15 is 0 Å². The van der Waals surface area contributed by atoms with Crippen molar-refractivity contribution in [3.05, 3.63) is 35.9 Å². The van der Waals surface area contributed by atoms with Crippen LogP contribution in [0.1, 0.15) is 38.3 Å². The van der Waals surface area contributed by atoms with Gasteiger partial charge in [-0.3, -0.25) is 9.59 Å². The fourth-order valence-electron chi connectivity index (χ4n) is 2.93. The van der Waals surface area contributed by atoms with Crippen molar-refractivity contribution in [2.45, 2.75) is 32.7 Å². The van der Waals surface area contributed by atoms with Gasteiger partial charge in [0.15, 0.2) is 0 Å². The third-order valence-corrected chi connectivity index (χ3v) is 4.53. The van der Waals surface area contributed by atoms with Crippen molar-refractivity contribution in [2.24, 2.45) is 11.8 Å². The zero-order valence-electron chi connectivity index (χ0n) is 13.9. The van der Waals surface area contributed by atoms with E-state index in [9.17, 15) is 9.59 Å². The third-order valence-electron chi connectivity index (χ3n) is 4.53. The van der Waals surface area contributed by atoms with Gasteiger partial charge in [0.2, 0.25) is 11.8 Å². The number of aliphatic hydroxyl groups excluding tert-OH is 1. The molecule has 0 saturated carbocycles. The van der Waals surface area contributed by atoms with Gasteiger partial charge >= 0.3 is 0 Å². The summed E-state index contributed by atoms with van der Waals surface area (Å²) >= 11 is 0. The van der Waals surface area contributed by atoms with Crippen molar-refractivity contribution < 1.29 is 14.7 Å². The molecule has 0 radical (unpaired) electrons. The molecule has 0 bridgehead atoms. The van der Waals surface area contributed by atoms with Crippen molar-refractivity contribution in [2.75, 3.05) is 19.7 Å². The molecule has 1 fully saturated rings. The summed E-state index contributed by atoms with van der Waals surface area (Å²) in [5, 5.41) is 11.8. The number of nitrogens with zero attached hydrogens (tertiary/aromatic N) is 1. The lowest BCUT2D eigenvalue weighted by Crippen LogP contribution is -2.36. The molecule has 2 N–H and O–H groups in total. The summed E-state index contributed by atoms with van der Waals surface area (Å²) in [4.78, 5) is 26.3. The topological polar surface area (TPSA) is 69.6 Å². The van der Waals surface area contributed by atoms with E-state index in [1.807, 2.05) is 44.2 Å². The van der Waals surface area contributed by atoms with E-state index in [2.05, 4.69) is 5.32 Å². The molecule has 1 aromatic carbocycles. The minimum absolute atomic E-state index is 0.0187. The molecule has 0 aromatic heterocycles. The molecular weight excluding hydrogens is 292 g/mol. The zero-order valence-corrected chi connectivity index (χ0v) is 13.9. The normalized spacial score (nSPS) is 20.4. The van der Waals surface area contributed by atoms with Crippen LogP contribution in [0, 0.1) is 11.8 Å². The van der Waals surface area contributed by atoms with Crippen LogP contribution in [0.5, 0.6) is 0 Å². The van der Waals surface area contributed by atoms with Gasteiger partial charge in [-0.1, -0.05) is 37.3 Å². The Morgan fingerprint density at radius 2 is 2.04 bits per heavy atom. The molecule has 2 amide bonds. The minimum Gasteiger partial charge on any atom is -0.396 e. The van der Waals surface area contributed by atoms with Crippen LogP contribution in [0.15, 0.2) is 30.3 Å². The summed E-state index contributed by atoms with van der Waals surface area (Å²) in [5.74, 6) is -0.0776. The molecule has 1 heterocycles. The summed E-state index contributed by atoms with van der Waals surface area (Å²) < 4.78 is 0. The molecule has 5 nitrogen and oxygen atoms in total. The molecule has 126 valence electrons. The standard InChI is InChI=1S/C18H26N2O3/c1-13(8-9-21)11-19-18(23)16-10-17(22)20(12-16)14(2)15-6-4-3-5-7-15/h3-7,13-14,16,21H,8-12H2,1-2H3,(H,19,23). The number of likely N-dealkylation sites (tertiary alicyclic amines) is 1. The monoisotopic (exact) mass is 318 g/mol. The van der Waals surface area contributed by atoms with E-state index in [0.717, 1.165) is 5.56 Å². The van der Waals surface area contributed by atoms with Gasteiger partial charge < -0.3 is 15.3 Å². The summed E-state index contributed by atoms with van der Waals surface area (Å²) in [6.07, 6.45) is 0.943. The highest BCUT2D eigenvalue weighted by molar-refractivity contribution is 5.89. The average molecular weight is 318 g/mol. The number of nitrogens with one attached hydrogen (secondary N) is 1. The molecular formula is C18H26N2O3. The first-order chi connectivity index (χ1) is 11.0. The number of benzene rings is 1. The Hall–Kier alpha value is -1.88. The van der Waals surface area contributed by atoms with Crippen molar-refractivity contribution in [3.63, 3.8) is 0 Å². The van der Waals surface area contributed by atoms with Crippen molar-refractivity contribution >= 4 is 11.8 Å². The predicted octanol–water partition coefficient (Wildman–Crippen LogP) is 1.73. The SMILES string of the molecule is CC(CCO)CNC(=O)C1CC(=O)N(C(C)c2ccccc2)C1. The Morgan fingerprint density at radius 1 is 1.35 bits per heavy atom. The quantitative estimate of drug-likeness (QED) is 0.804. The highest BCUT2D eigenvalue weighted by Crippen LogP contribution is 2.28. The maximum Gasteiger partial charge on any atom is 0.225 e. The van der Waals surface area contributed by atoms with E-state index in [1.54, 1.807) is 4.90 Å². The summed E-state index contributed by atoms with van der Waals surface area (Å²) in [6.45, 7) is 5.12. The maximum atomic E-state index is 12.3. The largest absolute Gasteiger partial charge is 0.396 e. The lowest BCUT2D eigenvalue weighted by atomic mass is 10.1. The highest BCUT2D eigenvalue weighted by Gasteiger charge is 2.36. The molecule has 1 aromatic rings. The van der Waals surface area contributed by atoms with Crippen LogP contribution >= 0.6 is 0 Å². The van der Waals surface area contributed by atoms with Gasteiger partial charge in [0.05, 0.1) is 12.0 Å². The highest BCUT2D eigenvalue weighted by atomic mass is 16.3.